The van der Waals surface area contributed by atoms with E-state index < -0.39 is 11.1 Å². The fourth-order valence-electron chi connectivity index (χ4n) is 4.94. The molecule has 2 aromatic rings. The number of furan rings is 1. The van der Waals surface area contributed by atoms with Crippen LogP contribution in [-0.2, 0) is 10.2 Å². The van der Waals surface area contributed by atoms with Crippen molar-refractivity contribution < 1.29 is 19.1 Å². The molecule has 8 heteroatoms. The third-order valence-electron chi connectivity index (χ3n) is 6.65. The van der Waals surface area contributed by atoms with Crippen molar-refractivity contribution in [3.05, 3.63) is 28.6 Å². The maximum atomic E-state index is 13.4. The average molecular weight is 462 g/mol. The molecule has 1 N–H and O–H groups in total. The molecule has 2 fully saturated rings. The zero-order valence-corrected chi connectivity index (χ0v) is 20.4. The SMILES string of the molecule is CC1(O)CC(C(=O)N2CCN(C(=O)c3cc4nc(Cl)cc(C(C)(C)C)c4o3)C(C)(C)C2)C1. The molecule has 1 saturated heterocycles. The average Bonchev–Trinajstić information content (AvgIpc) is 3.06. The molecule has 4 rings (SSSR count). The summed E-state index contributed by atoms with van der Waals surface area (Å²) < 4.78 is 6.03. The molecule has 2 amide bonds. The van der Waals surface area contributed by atoms with Crippen LogP contribution in [0.15, 0.2) is 16.5 Å². The van der Waals surface area contributed by atoms with Crippen molar-refractivity contribution in [1.29, 1.82) is 0 Å². The Kier molecular flexibility index (Phi) is 5.37. The molecule has 0 unspecified atom stereocenters. The maximum absolute atomic E-state index is 13.4. The first kappa shape index (κ1) is 23.1. The Labute approximate surface area is 193 Å². The Balaban J connectivity index is 1.55. The molecule has 0 atom stereocenters. The lowest BCUT2D eigenvalue weighted by Gasteiger charge is -2.49. The second-order valence-electron chi connectivity index (χ2n) is 11.2. The topological polar surface area (TPSA) is 86.9 Å². The molecular formula is C24H32ClN3O4. The predicted octanol–water partition coefficient (Wildman–Crippen LogP) is 4.00. The minimum Gasteiger partial charge on any atom is -0.449 e. The molecule has 0 aromatic carbocycles. The Hall–Kier alpha value is -2.12. The summed E-state index contributed by atoms with van der Waals surface area (Å²) >= 11 is 6.22. The molecule has 1 saturated carbocycles. The van der Waals surface area contributed by atoms with Gasteiger partial charge in [0.15, 0.2) is 11.3 Å². The van der Waals surface area contributed by atoms with Crippen LogP contribution in [-0.4, -0.2) is 62.5 Å². The van der Waals surface area contributed by atoms with Crippen LogP contribution >= 0.6 is 11.6 Å². The molecule has 1 aliphatic carbocycles. The van der Waals surface area contributed by atoms with Gasteiger partial charge < -0.3 is 19.3 Å². The van der Waals surface area contributed by atoms with Crippen molar-refractivity contribution in [2.24, 2.45) is 5.92 Å². The molecule has 0 bridgehead atoms. The number of aromatic nitrogens is 1. The quantitative estimate of drug-likeness (QED) is 0.683. The smallest absolute Gasteiger partial charge is 0.290 e. The fourth-order valence-corrected chi connectivity index (χ4v) is 5.14. The second-order valence-corrected chi connectivity index (χ2v) is 11.6. The van der Waals surface area contributed by atoms with Crippen molar-refractivity contribution in [2.75, 3.05) is 19.6 Å². The van der Waals surface area contributed by atoms with Crippen LogP contribution in [0.4, 0.5) is 0 Å². The first-order chi connectivity index (χ1) is 14.7. The van der Waals surface area contributed by atoms with Gasteiger partial charge in [-0.2, -0.15) is 0 Å². The summed E-state index contributed by atoms with van der Waals surface area (Å²) in [5.74, 6) is -0.0648. The van der Waals surface area contributed by atoms with Gasteiger partial charge in [-0.05, 0) is 45.1 Å². The lowest BCUT2D eigenvalue weighted by Crippen LogP contribution is -2.63. The number of fused-ring (bicyclic) bond motifs is 1. The van der Waals surface area contributed by atoms with E-state index in [-0.39, 0.29) is 28.9 Å². The molecule has 2 aromatic heterocycles. The molecule has 2 aliphatic rings. The highest BCUT2D eigenvalue weighted by Gasteiger charge is 2.47. The normalized spacial score (nSPS) is 25.7. The summed E-state index contributed by atoms with van der Waals surface area (Å²) in [6.45, 7) is 13.2. The van der Waals surface area contributed by atoms with Gasteiger partial charge in [0, 0.05) is 37.2 Å². The molecule has 7 nitrogen and oxygen atoms in total. The van der Waals surface area contributed by atoms with Gasteiger partial charge in [0.2, 0.25) is 5.91 Å². The number of carbonyl (C=O) groups is 2. The monoisotopic (exact) mass is 461 g/mol. The van der Waals surface area contributed by atoms with E-state index in [9.17, 15) is 14.7 Å². The molecule has 3 heterocycles. The van der Waals surface area contributed by atoms with Gasteiger partial charge in [0.25, 0.3) is 5.91 Å². The highest BCUT2D eigenvalue weighted by Crippen LogP contribution is 2.39. The van der Waals surface area contributed by atoms with Crippen molar-refractivity contribution >= 4 is 34.5 Å². The largest absolute Gasteiger partial charge is 0.449 e. The van der Waals surface area contributed by atoms with E-state index >= 15 is 0 Å². The van der Waals surface area contributed by atoms with E-state index in [1.54, 1.807) is 24.0 Å². The predicted molar refractivity (Wildman–Crippen MR) is 123 cm³/mol. The number of pyridine rings is 1. The van der Waals surface area contributed by atoms with Gasteiger partial charge in [0.05, 0.1) is 11.1 Å². The van der Waals surface area contributed by atoms with Gasteiger partial charge in [-0.15, -0.1) is 0 Å². The molecule has 0 spiro atoms. The Morgan fingerprint density at radius 2 is 1.84 bits per heavy atom. The standard InChI is InChI=1S/C24H32ClN3O4/c1-22(2,3)15-9-18(25)26-16-10-17(32-19(15)16)21(30)28-8-7-27(13-23(28,4)5)20(29)14-11-24(6,31)12-14/h9-10,14,31H,7-8,11-13H2,1-6H3. The summed E-state index contributed by atoms with van der Waals surface area (Å²) in [4.78, 5) is 34.2. The molecular weight excluding hydrogens is 430 g/mol. The highest BCUT2D eigenvalue weighted by molar-refractivity contribution is 6.30. The van der Waals surface area contributed by atoms with Crippen molar-refractivity contribution in [2.45, 2.75) is 70.9 Å². The van der Waals surface area contributed by atoms with E-state index in [1.807, 2.05) is 18.7 Å². The van der Waals surface area contributed by atoms with Crippen LogP contribution < -0.4 is 0 Å². The van der Waals surface area contributed by atoms with Crippen molar-refractivity contribution in [1.82, 2.24) is 14.8 Å². The summed E-state index contributed by atoms with van der Waals surface area (Å²) in [5, 5.41) is 10.3. The number of carbonyl (C=O) groups excluding carboxylic acids is 2. The van der Waals surface area contributed by atoms with Gasteiger partial charge >= 0.3 is 0 Å². The number of hydrogen-bond donors (Lipinski definition) is 1. The van der Waals surface area contributed by atoms with Crippen LogP contribution in [0.5, 0.6) is 0 Å². The zero-order valence-electron chi connectivity index (χ0n) is 19.7. The summed E-state index contributed by atoms with van der Waals surface area (Å²) in [6.07, 6.45) is 0.992. The van der Waals surface area contributed by atoms with Crippen LogP contribution in [0.3, 0.4) is 0 Å². The molecule has 174 valence electrons. The van der Waals surface area contributed by atoms with E-state index in [0.717, 1.165) is 5.56 Å². The first-order valence-electron chi connectivity index (χ1n) is 11.1. The Morgan fingerprint density at radius 3 is 2.41 bits per heavy atom. The number of amides is 2. The molecule has 32 heavy (non-hydrogen) atoms. The van der Waals surface area contributed by atoms with Gasteiger partial charge in [-0.3, -0.25) is 9.59 Å². The van der Waals surface area contributed by atoms with E-state index in [1.165, 1.54) is 0 Å². The number of aliphatic hydroxyl groups is 1. The van der Waals surface area contributed by atoms with Crippen molar-refractivity contribution in [3.63, 3.8) is 0 Å². The third kappa shape index (κ3) is 4.13. The Morgan fingerprint density at radius 1 is 1.19 bits per heavy atom. The van der Waals surface area contributed by atoms with Gasteiger partial charge in [-0.25, -0.2) is 4.98 Å². The van der Waals surface area contributed by atoms with Gasteiger partial charge in [0.1, 0.15) is 10.7 Å². The number of piperazine rings is 1. The minimum atomic E-state index is -0.738. The van der Waals surface area contributed by atoms with Crippen molar-refractivity contribution in [3.8, 4) is 0 Å². The second kappa shape index (κ2) is 7.45. The Bertz CT molecular complexity index is 1070. The zero-order chi connectivity index (χ0) is 23.6. The van der Waals surface area contributed by atoms with Gasteiger partial charge in [-0.1, -0.05) is 32.4 Å². The summed E-state index contributed by atoms with van der Waals surface area (Å²) in [7, 11) is 0. The van der Waals surface area contributed by atoms with E-state index in [2.05, 4.69) is 25.8 Å². The number of rotatable bonds is 2. The minimum absolute atomic E-state index is 0.0640. The number of nitrogens with zero attached hydrogens (tertiary/aromatic N) is 3. The molecule has 1 aliphatic heterocycles. The molecule has 0 radical (unpaired) electrons. The number of halogens is 1. The first-order valence-corrected chi connectivity index (χ1v) is 11.5. The van der Waals surface area contributed by atoms with Crippen LogP contribution in [0.2, 0.25) is 5.15 Å². The fraction of sp³-hybridized carbons (Fsp3) is 0.625. The van der Waals surface area contributed by atoms with Crippen LogP contribution in [0.1, 0.15) is 70.5 Å². The lowest BCUT2D eigenvalue weighted by molar-refractivity contribution is -0.153. The summed E-state index contributed by atoms with van der Waals surface area (Å²) in [5.41, 5.74) is 0.521. The van der Waals surface area contributed by atoms with Crippen LogP contribution in [0.25, 0.3) is 11.1 Å². The highest BCUT2D eigenvalue weighted by atomic mass is 35.5. The summed E-state index contributed by atoms with van der Waals surface area (Å²) in [6, 6.07) is 3.44. The van der Waals surface area contributed by atoms with Crippen LogP contribution in [0, 0.1) is 5.92 Å². The van der Waals surface area contributed by atoms with E-state index in [4.69, 9.17) is 16.0 Å². The number of hydrogen-bond acceptors (Lipinski definition) is 5. The lowest BCUT2D eigenvalue weighted by atomic mass is 9.71. The third-order valence-corrected chi connectivity index (χ3v) is 6.84. The van der Waals surface area contributed by atoms with E-state index in [0.29, 0.717) is 48.7 Å². The maximum Gasteiger partial charge on any atom is 0.290 e.